The first-order valence-electron chi connectivity index (χ1n) is 4.47. The van der Waals surface area contributed by atoms with Gasteiger partial charge in [0.25, 0.3) is 5.91 Å². The molecule has 1 heterocycles. The predicted molar refractivity (Wildman–Crippen MR) is 57.5 cm³/mol. The van der Waals surface area contributed by atoms with Crippen molar-refractivity contribution >= 4 is 16.8 Å². The smallest absolute Gasteiger partial charge is 0.254 e. The molecule has 0 amide bonds. The Balaban J connectivity index is 2.78. The number of rotatable bonds is 1. The third-order valence-corrected chi connectivity index (χ3v) is 2.32. The van der Waals surface area contributed by atoms with E-state index >= 15 is 0 Å². The number of hydrogen-bond acceptors (Lipinski definition) is 1. The zero-order valence-electron chi connectivity index (χ0n) is 8.03. The van der Waals surface area contributed by atoms with E-state index in [2.05, 4.69) is 6.58 Å². The highest BCUT2D eigenvalue weighted by Gasteiger charge is 2.07. The Labute approximate surface area is 82.5 Å². The van der Waals surface area contributed by atoms with Crippen molar-refractivity contribution in [3.8, 4) is 0 Å². The fraction of sp³-hybridized carbons (Fsp3) is 0.0833. The van der Waals surface area contributed by atoms with Crippen LogP contribution in [0.2, 0.25) is 0 Å². The summed E-state index contributed by atoms with van der Waals surface area (Å²) in [5, 5.41) is 1.11. The lowest BCUT2D eigenvalue weighted by Gasteiger charge is -1.97. The van der Waals surface area contributed by atoms with Gasteiger partial charge in [0.1, 0.15) is 0 Å². The van der Waals surface area contributed by atoms with Gasteiger partial charge in [-0.05, 0) is 24.6 Å². The summed E-state index contributed by atoms with van der Waals surface area (Å²) in [5.41, 5.74) is 2.05. The molecule has 0 aliphatic carbocycles. The summed E-state index contributed by atoms with van der Waals surface area (Å²) in [5.74, 6) is -0.0886. The van der Waals surface area contributed by atoms with Gasteiger partial charge < -0.3 is 0 Å². The van der Waals surface area contributed by atoms with Crippen molar-refractivity contribution < 1.29 is 4.79 Å². The summed E-state index contributed by atoms with van der Waals surface area (Å²) < 4.78 is 1.62. The first kappa shape index (κ1) is 8.75. The van der Waals surface area contributed by atoms with Crippen molar-refractivity contribution in [1.29, 1.82) is 0 Å². The van der Waals surface area contributed by atoms with Crippen molar-refractivity contribution in [2.75, 3.05) is 0 Å². The van der Waals surface area contributed by atoms with Crippen LogP contribution < -0.4 is 0 Å². The van der Waals surface area contributed by atoms with E-state index in [9.17, 15) is 4.79 Å². The van der Waals surface area contributed by atoms with Gasteiger partial charge in [-0.2, -0.15) is 0 Å². The largest absolute Gasteiger partial charge is 0.283 e. The van der Waals surface area contributed by atoms with E-state index in [0.717, 1.165) is 16.5 Å². The average molecular weight is 185 g/mol. The number of aryl methyl sites for hydroxylation is 1. The normalized spacial score (nSPS) is 10.4. The van der Waals surface area contributed by atoms with Crippen LogP contribution >= 0.6 is 0 Å². The quantitative estimate of drug-likeness (QED) is 0.626. The standard InChI is InChI=1S/C12H11NO/c1-3-12(14)13-8-9(2)10-6-4-5-7-11(10)13/h3-8H,1H2,2H3. The fourth-order valence-corrected chi connectivity index (χ4v) is 1.63. The minimum atomic E-state index is -0.0886. The molecule has 2 aromatic rings. The van der Waals surface area contributed by atoms with Gasteiger partial charge in [0.2, 0.25) is 0 Å². The summed E-state index contributed by atoms with van der Waals surface area (Å²) in [4.78, 5) is 11.5. The maximum absolute atomic E-state index is 11.5. The Morgan fingerprint density at radius 2 is 2.14 bits per heavy atom. The van der Waals surface area contributed by atoms with Crippen molar-refractivity contribution in [3.05, 3.63) is 48.7 Å². The summed E-state index contributed by atoms with van der Waals surface area (Å²) in [6, 6.07) is 7.84. The van der Waals surface area contributed by atoms with Crippen molar-refractivity contribution in [3.63, 3.8) is 0 Å². The Kier molecular flexibility index (Phi) is 1.97. The molecule has 14 heavy (non-hydrogen) atoms. The molecule has 0 spiro atoms. The minimum Gasteiger partial charge on any atom is -0.283 e. The first-order valence-corrected chi connectivity index (χ1v) is 4.47. The van der Waals surface area contributed by atoms with Gasteiger partial charge in [-0.1, -0.05) is 24.8 Å². The van der Waals surface area contributed by atoms with Crippen molar-refractivity contribution in [2.45, 2.75) is 6.92 Å². The van der Waals surface area contributed by atoms with E-state index in [0.29, 0.717) is 0 Å². The Morgan fingerprint density at radius 1 is 1.43 bits per heavy atom. The van der Waals surface area contributed by atoms with Crippen LogP contribution in [-0.4, -0.2) is 10.5 Å². The first-order chi connectivity index (χ1) is 6.74. The molecule has 2 heteroatoms. The lowest BCUT2D eigenvalue weighted by Crippen LogP contribution is -2.04. The summed E-state index contributed by atoms with van der Waals surface area (Å²) >= 11 is 0. The molecule has 70 valence electrons. The number of nitrogens with zero attached hydrogens (tertiary/aromatic N) is 1. The molecule has 0 atom stereocenters. The number of para-hydroxylation sites is 1. The van der Waals surface area contributed by atoms with Gasteiger partial charge in [0.05, 0.1) is 5.52 Å². The van der Waals surface area contributed by atoms with E-state index in [4.69, 9.17) is 0 Å². The third kappa shape index (κ3) is 1.16. The number of hydrogen-bond donors (Lipinski definition) is 0. The average Bonchev–Trinajstić information content (AvgIpc) is 2.56. The Hall–Kier alpha value is -1.83. The van der Waals surface area contributed by atoms with Crippen LogP contribution in [-0.2, 0) is 0 Å². The van der Waals surface area contributed by atoms with Crippen molar-refractivity contribution in [1.82, 2.24) is 4.57 Å². The molecular formula is C12H11NO. The zero-order valence-corrected chi connectivity index (χ0v) is 8.03. The number of fused-ring (bicyclic) bond motifs is 1. The van der Waals surface area contributed by atoms with Crippen LogP contribution in [0.5, 0.6) is 0 Å². The van der Waals surface area contributed by atoms with E-state index in [1.165, 1.54) is 6.08 Å². The van der Waals surface area contributed by atoms with Crippen LogP contribution in [0.3, 0.4) is 0 Å². The van der Waals surface area contributed by atoms with Crippen LogP contribution in [0.25, 0.3) is 10.9 Å². The van der Waals surface area contributed by atoms with Crippen molar-refractivity contribution in [2.24, 2.45) is 0 Å². The Morgan fingerprint density at radius 3 is 2.86 bits per heavy atom. The van der Waals surface area contributed by atoms with E-state index < -0.39 is 0 Å². The lowest BCUT2D eigenvalue weighted by atomic mass is 10.2. The molecular weight excluding hydrogens is 174 g/mol. The Bertz CT molecular complexity index is 508. The molecule has 0 radical (unpaired) electrons. The molecule has 1 aromatic heterocycles. The van der Waals surface area contributed by atoms with E-state index in [1.807, 2.05) is 37.4 Å². The summed E-state index contributed by atoms with van der Waals surface area (Å²) in [6.45, 7) is 5.48. The number of carbonyl (C=O) groups excluding carboxylic acids is 1. The monoisotopic (exact) mass is 185 g/mol. The topological polar surface area (TPSA) is 22.0 Å². The maximum atomic E-state index is 11.5. The highest BCUT2D eigenvalue weighted by molar-refractivity contribution is 5.99. The van der Waals surface area contributed by atoms with Crippen LogP contribution in [0.1, 0.15) is 10.4 Å². The molecule has 0 fully saturated rings. The predicted octanol–water partition coefficient (Wildman–Crippen LogP) is 2.78. The molecule has 0 aliphatic rings. The number of benzene rings is 1. The van der Waals surface area contributed by atoms with Crippen LogP contribution in [0.15, 0.2) is 43.1 Å². The number of aromatic nitrogens is 1. The third-order valence-electron chi connectivity index (χ3n) is 2.32. The fourth-order valence-electron chi connectivity index (χ4n) is 1.63. The number of carbonyl (C=O) groups is 1. The van der Waals surface area contributed by atoms with Gasteiger partial charge in [-0.25, -0.2) is 0 Å². The molecule has 0 saturated carbocycles. The van der Waals surface area contributed by atoms with E-state index in [1.54, 1.807) is 4.57 Å². The molecule has 0 N–H and O–H groups in total. The lowest BCUT2D eigenvalue weighted by molar-refractivity contribution is 0.0974. The van der Waals surface area contributed by atoms with Crippen LogP contribution in [0.4, 0.5) is 0 Å². The maximum Gasteiger partial charge on any atom is 0.254 e. The number of allylic oxidation sites excluding steroid dienone is 1. The SMILES string of the molecule is C=CC(=O)n1cc(C)c2ccccc21. The van der Waals surface area contributed by atoms with E-state index in [-0.39, 0.29) is 5.91 Å². The summed E-state index contributed by atoms with van der Waals surface area (Å²) in [7, 11) is 0. The molecule has 0 unspecified atom stereocenters. The minimum absolute atomic E-state index is 0.0886. The van der Waals surface area contributed by atoms with Crippen LogP contribution in [0, 0.1) is 6.92 Å². The molecule has 0 bridgehead atoms. The van der Waals surface area contributed by atoms with Gasteiger partial charge in [-0.3, -0.25) is 9.36 Å². The summed E-state index contributed by atoms with van der Waals surface area (Å²) in [6.07, 6.45) is 3.17. The molecule has 2 nitrogen and oxygen atoms in total. The van der Waals surface area contributed by atoms with Gasteiger partial charge in [0.15, 0.2) is 0 Å². The van der Waals surface area contributed by atoms with Gasteiger partial charge in [-0.15, -0.1) is 0 Å². The highest BCUT2D eigenvalue weighted by Crippen LogP contribution is 2.19. The second-order valence-electron chi connectivity index (χ2n) is 3.24. The second kappa shape index (κ2) is 3.14. The molecule has 2 rings (SSSR count). The molecule has 0 saturated heterocycles. The zero-order chi connectivity index (χ0) is 10.1. The van der Waals surface area contributed by atoms with Gasteiger partial charge in [0, 0.05) is 11.6 Å². The highest BCUT2D eigenvalue weighted by atomic mass is 16.1. The molecule has 1 aromatic carbocycles. The molecule has 0 aliphatic heterocycles. The van der Waals surface area contributed by atoms with Gasteiger partial charge >= 0.3 is 0 Å². The second-order valence-corrected chi connectivity index (χ2v) is 3.24.